The van der Waals surface area contributed by atoms with Crippen LogP contribution in [0.3, 0.4) is 0 Å². The van der Waals surface area contributed by atoms with Crippen molar-refractivity contribution in [3.8, 4) is 5.75 Å². The summed E-state index contributed by atoms with van der Waals surface area (Å²) in [5.74, 6) is -0.0983. The maximum absolute atomic E-state index is 12.5. The minimum atomic E-state index is -0.302. The van der Waals surface area contributed by atoms with Crippen LogP contribution in [0.15, 0.2) is 35.8 Å². The molecule has 1 aromatic heterocycles. The fourth-order valence-corrected chi connectivity index (χ4v) is 4.44. The Morgan fingerprint density at radius 2 is 2.19 bits per heavy atom. The van der Waals surface area contributed by atoms with E-state index >= 15 is 0 Å². The maximum atomic E-state index is 12.5. The number of aromatic hydroxyl groups is 1. The summed E-state index contributed by atoms with van der Waals surface area (Å²) in [5.41, 5.74) is 3.13. The zero-order valence-electron chi connectivity index (χ0n) is 15.0. The number of hydrogen-bond donors (Lipinski definition) is 1. The first-order chi connectivity index (χ1) is 12.7. The van der Waals surface area contributed by atoms with Crippen molar-refractivity contribution in [1.29, 1.82) is 0 Å². The zero-order valence-corrected chi connectivity index (χ0v) is 15.8. The Kier molecular flexibility index (Phi) is 5.89. The first-order valence-corrected chi connectivity index (χ1v) is 9.74. The number of nitrogens with zero attached hydrogens (tertiary/aromatic N) is 1. The van der Waals surface area contributed by atoms with E-state index in [0.717, 1.165) is 36.8 Å². The molecule has 4 nitrogen and oxygen atoms in total. The van der Waals surface area contributed by atoms with Gasteiger partial charge in [-0.05, 0) is 56.2 Å². The Balaban J connectivity index is 1.98. The number of rotatable bonds is 6. The van der Waals surface area contributed by atoms with Crippen LogP contribution in [-0.2, 0) is 24.0 Å². The van der Waals surface area contributed by atoms with Gasteiger partial charge in [-0.1, -0.05) is 18.2 Å². The molecule has 1 heterocycles. The van der Waals surface area contributed by atoms with Crippen LogP contribution in [0.5, 0.6) is 5.75 Å². The third-order valence-corrected chi connectivity index (χ3v) is 5.67. The molecular formula is C21H23NO3S. The second kappa shape index (κ2) is 8.32. The van der Waals surface area contributed by atoms with Crippen LogP contribution in [0, 0.1) is 0 Å². The summed E-state index contributed by atoms with van der Waals surface area (Å²) in [6, 6.07) is 5.55. The van der Waals surface area contributed by atoms with E-state index in [4.69, 9.17) is 4.74 Å². The molecule has 0 atom stereocenters. The molecule has 0 spiro atoms. The van der Waals surface area contributed by atoms with Crippen LogP contribution in [-0.4, -0.2) is 23.9 Å². The van der Waals surface area contributed by atoms with E-state index in [0.29, 0.717) is 29.2 Å². The minimum absolute atomic E-state index is 0.204. The van der Waals surface area contributed by atoms with Gasteiger partial charge in [-0.25, -0.2) is 9.79 Å². The Labute approximate surface area is 157 Å². The number of aryl methyl sites for hydroxylation is 1. The first kappa shape index (κ1) is 18.4. The molecule has 0 aliphatic heterocycles. The molecule has 1 N–H and O–H groups in total. The zero-order chi connectivity index (χ0) is 18.5. The van der Waals surface area contributed by atoms with Gasteiger partial charge in [0, 0.05) is 16.7 Å². The topological polar surface area (TPSA) is 58.9 Å². The highest BCUT2D eigenvalue weighted by Gasteiger charge is 2.26. The molecule has 0 bridgehead atoms. The number of benzene rings is 1. The third kappa shape index (κ3) is 3.73. The normalized spacial score (nSPS) is 13.6. The second-order valence-corrected chi connectivity index (χ2v) is 7.30. The molecule has 0 radical (unpaired) electrons. The molecule has 0 unspecified atom stereocenters. The van der Waals surface area contributed by atoms with Crippen LogP contribution in [0.1, 0.15) is 51.7 Å². The number of ether oxygens (including phenoxy) is 1. The minimum Gasteiger partial charge on any atom is -0.507 e. The Hall–Kier alpha value is -2.40. The second-order valence-electron chi connectivity index (χ2n) is 6.22. The molecule has 1 aromatic carbocycles. The van der Waals surface area contributed by atoms with Crippen molar-refractivity contribution < 1.29 is 14.6 Å². The van der Waals surface area contributed by atoms with Gasteiger partial charge >= 0.3 is 5.97 Å². The number of thiophene rings is 1. The molecule has 0 fully saturated rings. The monoisotopic (exact) mass is 369 g/mol. The van der Waals surface area contributed by atoms with Crippen molar-refractivity contribution in [2.45, 2.75) is 39.0 Å². The predicted molar refractivity (Wildman–Crippen MR) is 106 cm³/mol. The van der Waals surface area contributed by atoms with Gasteiger partial charge in [-0.15, -0.1) is 17.9 Å². The molecule has 0 saturated carbocycles. The fourth-order valence-electron chi connectivity index (χ4n) is 3.22. The number of phenolic OH excluding ortho intramolecular Hbond substituents is 1. The fraction of sp³-hybridized carbons (Fsp3) is 0.333. The summed E-state index contributed by atoms with van der Waals surface area (Å²) in [5, 5.41) is 11.1. The van der Waals surface area contributed by atoms with Gasteiger partial charge in [0.05, 0.1) is 12.2 Å². The van der Waals surface area contributed by atoms with Crippen molar-refractivity contribution in [3.05, 3.63) is 58.0 Å². The molecule has 0 amide bonds. The van der Waals surface area contributed by atoms with E-state index in [-0.39, 0.29) is 11.7 Å². The SMILES string of the molecule is C=CCc1cccc(C=Nc2sc3c(c2C(=O)OCC)CCCC3)c1O. The Bertz CT molecular complexity index is 851. The molecule has 3 rings (SSSR count). The maximum Gasteiger partial charge on any atom is 0.341 e. The average Bonchev–Trinajstić information content (AvgIpc) is 3.01. The number of carbonyl (C=O) groups is 1. The van der Waals surface area contributed by atoms with Gasteiger partial charge in [0.15, 0.2) is 0 Å². The number of allylic oxidation sites excluding steroid dienone is 1. The lowest BCUT2D eigenvalue weighted by atomic mass is 9.95. The van der Waals surface area contributed by atoms with E-state index in [1.54, 1.807) is 23.6 Å². The van der Waals surface area contributed by atoms with E-state index in [1.807, 2.05) is 25.1 Å². The molecule has 1 aliphatic carbocycles. The molecule has 136 valence electrons. The lowest BCUT2D eigenvalue weighted by molar-refractivity contribution is 0.0526. The van der Waals surface area contributed by atoms with Gasteiger partial charge in [-0.2, -0.15) is 0 Å². The van der Waals surface area contributed by atoms with E-state index in [9.17, 15) is 9.90 Å². The molecule has 26 heavy (non-hydrogen) atoms. The Morgan fingerprint density at radius 3 is 2.96 bits per heavy atom. The van der Waals surface area contributed by atoms with E-state index < -0.39 is 0 Å². The van der Waals surface area contributed by atoms with Gasteiger partial charge in [0.2, 0.25) is 0 Å². The highest BCUT2D eigenvalue weighted by Crippen LogP contribution is 2.40. The number of aliphatic imine (C=N–C) groups is 1. The van der Waals surface area contributed by atoms with Crippen LogP contribution >= 0.6 is 11.3 Å². The van der Waals surface area contributed by atoms with Crippen molar-refractivity contribution in [1.82, 2.24) is 0 Å². The van der Waals surface area contributed by atoms with Crippen LogP contribution in [0.2, 0.25) is 0 Å². The summed E-state index contributed by atoms with van der Waals surface area (Å²) >= 11 is 1.56. The standard InChI is InChI=1S/C21H23NO3S/c1-3-8-14-9-7-10-15(19(14)23)13-22-20-18(21(24)25-4-2)16-11-5-6-12-17(16)26-20/h3,7,9-10,13,23H,1,4-6,8,11-12H2,2H3. The molecule has 1 aliphatic rings. The number of phenols is 1. The van der Waals surface area contributed by atoms with Gasteiger partial charge in [0.1, 0.15) is 10.8 Å². The van der Waals surface area contributed by atoms with Crippen molar-refractivity contribution in [3.63, 3.8) is 0 Å². The van der Waals surface area contributed by atoms with Gasteiger partial charge in [-0.3, -0.25) is 0 Å². The van der Waals surface area contributed by atoms with Crippen LogP contribution in [0.4, 0.5) is 5.00 Å². The van der Waals surface area contributed by atoms with E-state index in [1.165, 1.54) is 4.88 Å². The highest BCUT2D eigenvalue weighted by atomic mass is 32.1. The summed E-state index contributed by atoms with van der Waals surface area (Å²) < 4.78 is 5.25. The summed E-state index contributed by atoms with van der Waals surface area (Å²) in [7, 11) is 0. The summed E-state index contributed by atoms with van der Waals surface area (Å²) in [6.45, 7) is 5.86. The number of fused-ring (bicyclic) bond motifs is 1. The van der Waals surface area contributed by atoms with Crippen molar-refractivity contribution in [2.24, 2.45) is 4.99 Å². The predicted octanol–water partition coefficient (Wildman–Crippen LogP) is 4.99. The van der Waals surface area contributed by atoms with Crippen molar-refractivity contribution >= 4 is 28.5 Å². The van der Waals surface area contributed by atoms with Crippen molar-refractivity contribution in [2.75, 3.05) is 6.61 Å². The smallest absolute Gasteiger partial charge is 0.341 e. The summed E-state index contributed by atoms with van der Waals surface area (Å²) in [6.07, 6.45) is 8.09. The first-order valence-electron chi connectivity index (χ1n) is 8.93. The molecule has 0 saturated heterocycles. The third-order valence-electron chi connectivity index (χ3n) is 4.47. The molecular weight excluding hydrogens is 346 g/mol. The largest absolute Gasteiger partial charge is 0.507 e. The lowest BCUT2D eigenvalue weighted by Gasteiger charge is -2.11. The number of hydrogen-bond acceptors (Lipinski definition) is 5. The van der Waals surface area contributed by atoms with Crippen LogP contribution in [0.25, 0.3) is 0 Å². The molecule has 2 aromatic rings. The lowest BCUT2D eigenvalue weighted by Crippen LogP contribution is -2.09. The summed E-state index contributed by atoms with van der Waals surface area (Å²) in [4.78, 5) is 18.3. The Morgan fingerprint density at radius 1 is 1.38 bits per heavy atom. The van der Waals surface area contributed by atoms with Gasteiger partial charge < -0.3 is 9.84 Å². The van der Waals surface area contributed by atoms with Gasteiger partial charge in [0.25, 0.3) is 0 Å². The van der Waals surface area contributed by atoms with Crippen LogP contribution < -0.4 is 0 Å². The average molecular weight is 369 g/mol. The number of carbonyl (C=O) groups excluding carboxylic acids is 1. The highest BCUT2D eigenvalue weighted by molar-refractivity contribution is 7.16. The molecule has 5 heteroatoms. The quantitative estimate of drug-likeness (QED) is 0.443. The van der Waals surface area contributed by atoms with E-state index in [2.05, 4.69) is 11.6 Å². The number of esters is 1. The number of para-hydroxylation sites is 1.